The molecule has 0 heterocycles. The van der Waals surface area contributed by atoms with Crippen LogP contribution in [0.3, 0.4) is 0 Å². The van der Waals surface area contributed by atoms with Crippen LogP contribution in [-0.2, 0) is 27.0 Å². The van der Waals surface area contributed by atoms with Gasteiger partial charge in [0.2, 0.25) is 5.91 Å². The van der Waals surface area contributed by atoms with E-state index < -0.39 is 12.0 Å². The third kappa shape index (κ3) is 6.23. The van der Waals surface area contributed by atoms with Gasteiger partial charge in [0.15, 0.2) is 0 Å². The van der Waals surface area contributed by atoms with Crippen LogP contribution in [0.5, 0.6) is 0 Å². The molecule has 0 aromatic carbocycles. The summed E-state index contributed by atoms with van der Waals surface area (Å²) in [5.74, 6) is -1.32. The molecule has 11 heavy (non-hydrogen) atoms. The Balaban J connectivity index is 0. The van der Waals surface area contributed by atoms with E-state index in [-0.39, 0.29) is 29.0 Å². The first-order valence-corrected chi connectivity index (χ1v) is 3.32. The zero-order valence-corrected chi connectivity index (χ0v) is 8.07. The summed E-state index contributed by atoms with van der Waals surface area (Å²) in [6.07, 6.45) is 0. The average molecular weight is 215 g/mol. The van der Waals surface area contributed by atoms with Crippen LogP contribution in [0.2, 0.25) is 0 Å². The van der Waals surface area contributed by atoms with Crippen molar-refractivity contribution in [3.63, 3.8) is 0 Å². The number of hydrogen-bond acceptors (Lipinski definition) is 3. The molecule has 0 fully saturated rings. The largest absolute Gasteiger partial charge is 0.480 e. The van der Waals surface area contributed by atoms with Gasteiger partial charge in [0.25, 0.3) is 0 Å². The van der Waals surface area contributed by atoms with Crippen LogP contribution < -0.4 is 5.32 Å². The Kier molecular flexibility index (Phi) is 7.96. The molecule has 4 nitrogen and oxygen atoms in total. The molecule has 0 unspecified atom stereocenters. The summed E-state index contributed by atoms with van der Waals surface area (Å²) in [6, 6.07) is -0.874. The van der Waals surface area contributed by atoms with Gasteiger partial charge in [0.05, 0.1) is 0 Å². The summed E-state index contributed by atoms with van der Waals surface area (Å²) in [5, 5.41) is 10.6. The summed E-state index contributed by atoms with van der Waals surface area (Å²) >= 11 is 3.73. The maximum Gasteiger partial charge on any atom is 0.327 e. The van der Waals surface area contributed by atoms with Crippen molar-refractivity contribution in [2.75, 3.05) is 5.75 Å². The van der Waals surface area contributed by atoms with Crippen molar-refractivity contribution in [2.24, 2.45) is 0 Å². The predicted octanol–water partition coefficient (Wildman–Crippen LogP) is -0.497. The first-order chi connectivity index (χ1) is 4.57. The fourth-order valence-electron chi connectivity index (χ4n) is 0.431. The molecule has 0 aliphatic rings. The number of aliphatic carboxylic acids is 1. The fourth-order valence-corrected chi connectivity index (χ4v) is 0.678. The molecule has 0 aliphatic heterocycles. The fraction of sp³-hybridized carbons (Fsp3) is 0.600. The van der Waals surface area contributed by atoms with Crippen LogP contribution in [0.25, 0.3) is 0 Å². The Morgan fingerprint density at radius 1 is 1.64 bits per heavy atom. The van der Waals surface area contributed by atoms with E-state index in [4.69, 9.17) is 5.11 Å². The quantitative estimate of drug-likeness (QED) is 0.556. The van der Waals surface area contributed by atoms with Crippen LogP contribution in [0.4, 0.5) is 0 Å². The van der Waals surface area contributed by atoms with Gasteiger partial charge >= 0.3 is 5.97 Å². The zero-order valence-electron chi connectivity index (χ0n) is 5.90. The van der Waals surface area contributed by atoms with Crippen LogP contribution in [-0.4, -0.2) is 28.8 Å². The molecule has 0 bridgehead atoms. The standard InChI is InChI=1S/C5H9NO3S.Cr/c1-3(7)6-4(2-10)5(8)9;/h4,10H,2H2,1H3,(H,6,7)(H,8,9);/t4-;/m0./s1. The number of thiol groups is 1. The van der Waals surface area contributed by atoms with Gasteiger partial charge in [-0.1, -0.05) is 0 Å². The number of hydrogen-bond donors (Lipinski definition) is 3. The van der Waals surface area contributed by atoms with E-state index in [0.29, 0.717) is 0 Å². The Morgan fingerprint density at radius 3 is 2.18 bits per heavy atom. The smallest absolute Gasteiger partial charge is 0.327 e. The summed E-state index contributed by atoms with van der Waals surface area (Å²) < 4.78 is 0. The van der Waals surface area contributed by atoms with Crippen molar-refractivity contribution in [3.05, 3.63) is 0 Å². The van der Waals surface area contributed by atoms with Gasteiger partial charge in [0.1, 0.15) is 6.04 Å². The number of carbonyl (C=O) groups excluding carboxylic acids is 1. The zero-order chi connectivity index (χ0) is 8.15. The van der Waals surface area contributed by atoms with E-state index in [1.807, 2.05) is 0 Å². The molecule has 0 aromatic heterocycles. The molecule has 0 spiro atoms. The number of amides is 1. The van der Waals surface area contributed by atoms with Gasteiger partial charge in [-0.15, -0.1) is 0 Å². The monoisotopic (exact) mass is 215 g/mol. The first-order valence-electron chi connectivity index (χ1n) is 2.68. The summed E-state index contributed by atoms with van der Waals surface area (Å²) in [6.45, 7) is 1.26. The number of rotatable bonds is 3. The van der Waals surface area contributed by atoms with E-state index in [1.165, 1.54) is 6.92 Å². The number of carboxylic acids is 1. The second-order valence-corrected chi connectivity index (χ2v) is 2.14. The Hall–Kier alpha value is -0.178. The van der Waals surface area contributed by atoms with Crippen LogP contribution >= 0.6 is 12.6 Å². The van der Waals surface area contributed by atoms with Crippen molar-refractivity contribution in [2.45, 2.75) is 13.0 Å². The third-order valence-electron chi connectivity index (χ3n) is 0.858. The Labute approximate surface area is 80.9 Å². The minimum atomic E-state index is -1.06. The van der Waals surface area contributed by atoms with Crippen LogP contribution in [0, 0.1) is 0 Å². The molecular formula is C5H9CrNO3S. The molecule has 0 rings (SSSR count). The number of carbonyl (C=O) groups is 2. The molecule has 0 radical (unpaired) electrons. The number of nitrogens with one attached hydrogen (secondary N) is 1. The maximum atomic E-state index is 10.3. The summed E-state index contributed by atoms with van der Waals surface area (Å²) in [7, 11) is 0. The minimum Gasteiger partial charge on any atom is -0.480 e. The van der Waals surface area contributed by atoms with Gasteiger partial charge < -0.3 is 10.4 Å². The van der Waals surface area contributed by atoms with E-state index >= 15 is 0 Å². The van der Waals surface area contributed by atoms with E-state index in [2.05, 4.69) is 17.9 Å². The molecule has 6 heteroatoms. The molecule has 2 N–H and O–H groups in total. The van der Waals surface area contributed by atoms with Crippen molar-refractivity contribution >= 4 is 24.5 Å². The van der Waals surface area contributed by atoms with Crippen molar-refractivity contribution in [1.82, 2.24) is 5.32 Å². The average Bonchev–Trinajstić information content (AvgIpc) is 1.81. The minimum absolute atomic E-state index is 0. The SMILES string of the molecule is CC(=O)N[C@@H](CS)C(=O)O.[Cr]. The van der Waals surface area contributed by atoms with Crippen molar-refractivity contribution < 1.29 is 32.1 Å². The van der Waals surface area contributed by atoms with Gasteiger partial charge in [-0.2, -0.15) is 12.6 Å². The van der Waals surface area contributed by atoms with Crippen LogP contribution in [0.15, 0.2) is 0 Å². The van der Waals surface area contributed by atoms with Gasteiger partial charge in [-0.25, -0.2) is 4.79 Å². The summed E-state index contributed by atoms with van der Waals surface area (Å²) in [5.41, 5.74) is 0. The van der Waals surface area contributed by atoms with E-state index in [9.17, 15) is 9.59 Å². The number of carboxylic acid groups (broad SMARTS) is 1. The molecular weight excluding hydrogens is 206 g/mol. The molecule has 0 saturated carbocycles. The Bertz CT molecular complexity index is 153. The maximum absolute atomic E-state index is 10.3. The van der Waals surface area contributed by atoms with Gasteiger partial charge in [-0.3, -0.25) is 4.79 Å². The third-order valence-corrected chi connectivity index (χ3v) is 1.22. The van der Waals surface area contributed by atoms with Crippen molar-refractivity contribution in [3.8, 4) is 0 Å². The van der Waals surface area contributed by atoms with Gasteiger partial charge in [0, 0.05) is 30.0 Å². The second kappa shape index (κ2) is 6.53. The Morgan fingerprint density at radius 2 is 2.09 bits per heavy atom. The van der Waals surface area contributed by atoms with Crippen LogP contribution in [0.1, 0.15) is 6.92 Å². The normalized spacial score (nSPS) is 11.1. The molecule has 1 atom stereocenters. The van der Waals surface area contributed by atoms with Crippen molar-refractivity contribution in [1.29, 1.82) is 0 Å². The molecule has 0 aliphatic carbocycles. The topological polar surface area (TPSA) is 66.4 Å². The second-order valence-electron chi connectivity index (χ2n) is 1.77. The first kappa shape index (κ1) is 13.4. The van der Waals surface area contributed by atoms with E-state index in [1.54, 1.807) is 0 Å². The summed E-state index contributed by atoms with van der Waals surface area (Å²) in [4.78, 5) is 20.5. The molecule has 0 saturated heterocycles. The van der Waals surface area contributed by atoms with Gasteiger partial charge in [-0.05, 0) is 0 Å². The predicted molar refractivity (Wildman–Crippen MR) is 39.1 cm³/mol. The van der Waals surface area contributed by atoms with E-state index in [0.717, 1.165) is 0 Å². The molecule has 0 aromatic rings. The molecule has 1 amide bonds. The molecule has 64 valence electrons.